The zero-order chi connectivity index (χ0) is 26.2. The highest BCUT2D eigenvalue weighted by Gasteiger charge is 2.26. The average molecular weight is 509 g/mol. The van der Waals surface area contributed by atoms with Gasteiger partial charge in [0.2, 0.25) is 5.91 Å². The number of carbonyl (C=O) groups is 2. The number of rotatable bonds is 11. The van der Waals surface area contributed by atoms with Gasteiger partial charge < -0.3 is 15.2 Å². The van der Waals surface area contributed by atoms with Crippen LogP contribution in [-0.4, -0.2) is 37.3 Å². The topological polar surface area (TPSA) is 132 Å². The van der Waals surface area contributed by atoms with E-state index in [1.165, 1.54) is 36.0 Å². The summed E-state index contributed by atoms with van der Waals surface area (Å²) in [6.45, 7) is 10.1. The van der Waals surface area contributed by atoms with Crippen molar-refractivity contribution in [2.75, 3.05) is 11.1 Å². The van der Waals surface area contributed by atoms with E-state index >= 15 is 0 Å². The van der Waals surface area contributed by atoms with Crippen LogP contribution in [0.15, 0.2) is 66.3 Å². The number of non-ortho nitro benzene ring substituents is 1. The Kier molecular flexibility index (Phi) is 8.96. The van der Waals surface area contributed by atoms with Crippen molar-refractivity contribution >= 4 is 35.0 Å². The lowest BCUT2D eigenvalue weighted by Gasteiger charge is -2.22. The second-order valence-electron chi connectivity index (χ2n) is 8.44. The Labute approximate surface area is 213 Å². The van der Waals surface area contributed by atoms with Crippen molar-refractivity contribution in [3.05, 3.63) is 88.3 Å². The van der Waals surface area contributed by atoms with Crippen molar-refractivity contribution in [2.45, 2.75) is 38.5 Å². The number of nitrogens with zero attached hydrogens (tertiary/aromatic N) is 4. The van der Waals surface area contributed by atoms with Crippen molar-refractivity contribution in [3.8, 4) is 0 Å². The van der Waals surface area contributed by atoms with Gasteiger partial charge in [0, 0.05) is 29.9 Å². The van der Waals surface area contributed by atoms with E-state index in [1.54, 1.807) is 18.2 Å². The third kappa shape index (κ3) is 6.79. The number of nitro groups is 1. The molecule has 1 heterocycles. The smallest absolute Gasteiger partial charge is 0.269 e. The number of anilines is 1. The molecule has 0 aliphatic carbocycles. The van der Waals surface area contributed by atoms with Gasteiger partial charge in [0.15, 0.2) is 11.0 Å². The van der Waals surface area contributed by atoms with Crippen molar-refractivity contribution in [1.82, 2.24) is 20.1 Å². The van der Waals surface area contributed by atoms with Crippen LogP contribution < -0.4 is 10.6 Å². The molecule has 0 aliphatic rings. The largest absolute Gasteiger partial charge is 0.342 e. The summed E-state index contributed by atoms with van der Waals surface area (Å²) in [4.78, 5) is 35.6. The average Bonchev–Trinajstić information content (AvgIpc) is 3.24. The number of nitro benzene ring substituents is 1. The lowest BCUT2D eigenvalue weighted by atomic mass is 10.0. The molecule has 3 rings (SSSR count). The second-order valence-corrected chi connectivity index (χ2v) is 9.38. The van der Waals surface area contributed by atoms with Gasteiger partial charge in [-0.3, -0.25) is 19.7 Å². The Balaban J connectivity index is 1.72. The highest BCUT2D eigenvalue weighted by Crippen LogP contribution is 2.26. The summed E-state index contributed by atoms with van der Waals surface area (Å²) in [5.74, 6) is 0.142. The van der Waals surface area contributed by atoms with Gasteiger partial charge in [-0.05, 0) is 37.1 Å². The first-order valence-electron chi connectivity index (χ1n) is 11.3. The molecule has 0 spiro atoms. The molecule has 0 fully saturated rings. The molecule has 0 unspecified atom stereocenters. The van der Waals surface area contributed by atoms with Gasteiger partial charge in [0.25, 0.3) is 11.6 Å². The minimum absolute atomic E-state index is 0.0236. The van der Waals surface area contributed by atoms with Crippen molar-refractivity contribution < 1.29 is 14.5 Å². The molecule has 1 aromatic heterocycles. The number of hydrogen-bond donors (Lipinski definition) is 2. The number of allylic oxidation sites excluding steroid dienone is 1. The molecule has 1 atom stereocenters. The van der Waals surface area contributed by atoms with Crippen molar-refractivity contribution in [2.24, 2.45) is 5.92 Å². The molecule has 0 saturated carbocycles. The zero-order valence-electron chi connectivity index (χ0n) is 20.3. The standard InChI is InChI=1S/C25H28N6O4S/c1-5-14-30-23(22(16(2)3)27-24(33)18-8-6-17(4)7-9-18)28-29-25(30)36-15-21(32)26-19-10-12-20(13-11-19)31(34)35/h5-13,16,22H,1,14-15H2,2-4H3,(H,26,32)(H,27,33)/t22-/m1/s1. The summed E-state index contributed by atoms with van der Waals surface area (Å²) in [7, 11) is 0. The fraction of sp³-hybridized carbons (Fsp3) is 0.280. The van der Waals surface area contributed by atoms with E-state index in [2.05, 4.69) is 27.4 Å². The van der Waals surface area contributed by atoms with E-state index in [-0.39, 0.29) is 29.2 Å². The van der Waals surface area contributed by atoms with E-state index < -0.39 is 11.0 Å². The molecule has 2 aromatic carbocycles. The van der Waals surface area contributed by atoms with Gasteiger partial charge in [-0.25, -0.2) is 0 Å². The molecule has 188 valence electrons. The van der Waals surface area contributed by atoms with E-state index in [1.807, 2.05) is 37.5 Å². The van der Waals surface area contributed by atoms with Crippen LogP contribution in [0.4, 0.5) is 11.4 Å². The van der Waals surface area contributed by atoms with Crippen LogP contribution in [0.5, 0.6) is 0 Å². The van der Waals surface area contributed by atoms with E-state index in [4.69, 9.17) is 0 Å². The van der Waals surface area contributed by atoms with Gasteiger partial charge in [-0.1, -0.05) is 49.4 Å². The molecule has 0 bridgehead atoms. The highest BCUT2D eigenvalue weighted by molar-refractivity contribution is 7.99. The lowest BCUT2D eigenvalue weighted by molar-refractivity contribution is -0.384. The van der Waals surface area contributed by atoms with Crippen molar-refractivity contribution in [3.63, 3.8) is 0 Å². The van der Waals surface area contributed by atoms with Crippen LogP contribution in [0.3, 0.4) is 0 Å². The molecule has 11 heteroatoms. The Bertz CT molecular complexity index is 1240. The fourth-order valence-electron chi connectivity index (χ4n) is 3.39. The Morgan fingerprint density at radius 2 is 1.81 bits per heavy atom. The third-order valence-corrected chi connectivity index (χ3v) is 6.26. The Morgan fingerprint density at radius 3 is 2.39 bits per heavy atom. The molecule has 0 aliphatic heterocycles. The molecular weight excluding hydrogens is 480 g/mol. The van der Waals surface area contributed by atoms with E-state index in [9.17, 15) is 19.7 Å². The first-order chi connectivity index (χ1) is 17.2. The van der Waals surface area contributed by atoms with Gasteiger partial charge in [-0.15, -0.1) is 16.8 Å². The number of amides is 2. The molecule has 0 radical (unpaired) electrons. The maximum Gasteiger partial charge on any atom is 0.269 e. The summed E-state index contributed by atoms with van der Waals surface area (Å²) < 4.78 is 1.83. The van der Waals surface area contributed by atoms with Crippen LogP contribution in [0.25, 0.3) is 0 Å². The predicted octanol–water partition coefficient (Wildman–Crippen LogP) is 4.54. The monoisotopic (exact) mass is 508 g/mol. The van der Waals surface area contributed by atoms with Gasteiger partial charge in [0.1, 0.15) is 0 Å². The predicted molar refractivity (Wildman–Crippen MR) is 139 cm³/mol. The van der Waals surface area contributed by atoms with Crippen LogP contribution in [0.1, 0.15) is 41.6 Å². The summed E-state index contributed by atoms with van der Waals surface area (Å²) >= 11 is 1.20. The van der Waals surface area contributed by atoms with E-state index in [0.29, 0.717) is 28.8 Å². The maximum atomic E-state index is 12.9. The lowest BCUT2D eigenvalue weighted by Crippen LogP contribution is -2.33. The summed E-state index contributed by atoms with van der Waals surface area (Å²) in [6.07, 6.45) is 1.70. The Hall–Kier alpha value is -3.99. The van der Waals surface area contributed by atoms with Gasteiger partial charge in [0.05, 0.1) is 16.7 Å². The van der Waals surface area contributed by atoms with Crippen LogP contribution in [0.2, 0.25) is 0 Å². The minimum atomic E-state index is -0.501. The van der Waals surface area contributed by atoms with Crippen molar-refractivity contribution in [1.29, 1.82) is 0 Å². The molecule has 10 nitrogen and oxygen atoms in total. The molecule has 3 aromatic rings. The molecular formula is C25H28N6O4S. The number of hydrogen-bond acceptors (Lipinski definition) is 7. The van der Waals surface area contributed by atoms with Gasteiger partial charge in [-0.2, -0.15) is 0 Å². The fourth-order valence-corrected chi connectivity index (χ4v) is 4.14. The first kappa shape index (κ1) is 26.6. The molecule has 2 N–H and O–H groups in total. The van der Waals surface area contributed by atoms with Crippen LogP contribution in [0, 0.1) is 23.0 Å². The SMILES string of the molecule is C=CCn1c(SCC(=O)Nc2ccc([N+](=O)[O-])cc2)nnc1[C@H](NC(=O)c1ccc(C)cc1)C(C)C. The number of aryl methyl sites for hydroxylation is 1. The molecule has 0 saturated heterocycles. The van der Waals surface area contributed by atoms with Crippen LogP contribution in [-0.2, 0) is 11.3 Å². The normalized spacial score (nSPS) is 11.7. The van der Waals surface area contributed by atoms with E-state index in [0.717, 1.165) is 5.56 Å². The maximum absolute atomic E-state index is 12.9. The number of nitrogens with one attached hydrogen (secondary N) is 2. The quantitative estimate of drug-likeness (QED) is 0.168. The third-order valence-electron chi connectivity index (χ3n) is 5.30. The van der Waals surface area contributed by atoms with Gasteiger partial charge >= 0.3 is 0 Å². The Morgan fingerprint density at radius 1 is 1.14 bits per heavy atom. The summed E-state index contributed by atoms with van der Waals surface area (Å²) in [5.41, 5.74) is 2.02. The highest BCUT2D eigenvalue weighted by atomic mass is 32.2. The minimum Gasteiger partial charge on any atom is -0.342 e. The number of aromatic nitrogens is 3. The molecule has 2 amide bonds. The van der Waals surface area contributed by atoms with Crippen LogP contribution >= 0.6 is 11.8 Å². The first-order valence-corrected chi connectivity index (χ1v) is 12.3. The zero-order valence-corrected chi connectivity index (χ0v) is 21.1. The number of benzene rings is 2. The number of carbonyl (C=O) groups excluding carboxylic acids is 2. The summed E-state index contributed by atoms with van der Waals surface area (Å²) in [5, 5.41) is 25.7. The number of thioether (sulfide) groups is 1. The molecule has 36 heavy (non-hydrogen) atoms. The second kappa shape index (κ2) is 12.1. The summed E-state index contributed by atoms with van der Waals surface area (Å²) in [6, 6.07) is 12.5.